The van der Waals surface area contributed by atoms with Crippen molar-refractivity contribution in [3.8, 4) is 6.07 Å². The van der Waals surface area contributed by atoms with E-state index < -0.39 is 0 Å². The number of hydrogen-bond donors (Lipinski definition) is 0. The van der Waals surface area contributed by atoms with Gasteiger partial charge in [-0.2, -0.15) is 10.4 Å². The van der Waals surface area contributed by atoms with E-state index in [1.54, 1.807) is 24.4 Å². The average Bonchev–Trinajstić information content (AvgIpc) is 2.51. The van der Waals surface area contributed by atoms with Crippen molar-refractivity contribution >= 4 is 5.69 Å². The fourth-order valence-electron chi connectivity index (χ4n) is 2.22. The minimum Gasteiger partial charge on any atom is -0.371 e. The summed E-state index contributed by atoms with van der Waals surface area (Å²) in [7, 11) is 0. The van der Waals surface area contributed by atoms with E-state index in [-0.39, 0.29) is 5.56 Å². The van der Waals surface area contributed by atoms with Crippen LogP contribution in [-0.2, 0) is 6.54 Å². The maximum absolute atomic E-state index is 12.1. The summed E-state index contributed by atoms with van der Waals surface area (Å²) in [4.78, 5) is 14.2. The largest absolute Gasteiger partial charge is 0.371 e. The summed E-state index contributed by atoms with van der Waals surface area (Å²) >= 11 is 0. The molecule has 5 nitrogen and oxygen atoms in total. The summed E-state index contributed by atoms with van der Waals surface area (Å²) in [6.07, 6.45) is 1.71. The molecule has 1 aromatic heterocycles. The smallest absolute Gasteiger partial charge is 0.269 e. The molecule has 2 aromatic rings. The van der Waals surface area contributed by atoms with Gasteiger partial charge >= 0.3 is 0 Å². The van der Waals surface area contributed by atoms with Gasteiger partial charge < -0.3 is 4.90 Å². The van der Waals surface area contributed by atoms with Crippen LogP contribution in [0.5, 0.6) is 0 Å². The van der Waals surface area contributed by atoms with Gasteiger partial charge in [0.05, 0.1) is 30.1 Å². The summed E-state index contributed by atoms with van der Waals surface area (Å²) in [5.74, 6) is 0. The highest BCUT2D eigenvalue weighted by Gasteiger charge is 2.06. The molecule has 0 spiro atoms. The van der Waals surface area contributed by atoms with Gasteiger partial charge in [-0.15, -0.1) is 0 Å². The predicted octanol–water partition coefficient (Wildman–Crippen LogP) is 2.01. The first-order chi connectivity index (χ1) is 10.2. The quantitative estimate of drug-likeness (QED) is 0.841. The Morgan fingerprint density at radius 3 is 2.67 bits per heavy atom. The molecule has 0 aliphatic rings. The number of benzene rings is 1. The van der Waals surface area contributed by atoms with Gasteiger partial charge in [-0.05, 0) is 31.5 Å². The first kappa shape index (κ1) is 14.8. The van der Waals surface area contributed by atoms with Crippen molar-refractivity contribution in [3.05, 3.63) is 58.0 Å². The van der Waals surface area contributed by atoms with Crippen LogP contribution >= 0.6 is 0 Å². The third kappa shape index (κ3) is 3.48. The second-order valence-electron chi connectivity index (χ2n) is 4.69. The van der Waals surface area contributed by atoms with Gasteiger partial charge in [0.25, 0.3) is 5.56 Å². The van der Waals surface area contributed by atoms with E-state index in [0.717, 1.165) is 24.3 Å². The molecule has 21 heavy (non-hydrogen) atoms. The minimum atomic E-state index is -0.137. The fraction of sp³-hybridized carbons (Fsp3) is 0.312. The van der Waals surface area contributed by atoms with Crippen LogP contribution in [0.2, 0.25) is 0 Å². The monoisotopic (exact) mass is 282 g/mol. The Hall–Kier alpha value is -2.61. The van der Waals surface area contributed by atoms with Crippen molar-refractivity contribution in [1.29, 1.82) is 5.26 Å². The van der Waals surface area contributed by atoms with Crippen molar-refractivity contribution in [2.24, 2.45) is 0 Å². The Kier molecular flexibility index (Phi) is 4.72. The molecule has 1 aromatic carbocycles. The zero-order valence-corrected chi connectivity index (χ0v) is 12.3. The number of hydrogen-bond acceptors (Lipinski definition) is 4. The molecule has 0 aliphatic heterocycles. The Balaban J connectivity index is 2.25. The number of aromatic nitrogens is 2. The summed E-state index contributed by atoms with van der Waals surface area (Å²) in [5, 5.41) is 13.1. The maximum atomic E-state index is 12.1. The van der Waals surface area contributed by atoms with Crippen LogP contribution in [0.1, 0.15) is 25.0 Å². The number of anilines is 1. The van der Waals surface area contributed by atoms with Gasteiger partial charge in [-0.25, -0.2) is 4.68 Å². The second-order valence-corrected chi connectivity index (χ2v) is 4.69. The van der Waals surface area contributed by atoms with Crippen LogP contribution in [0.25, 0.3) is 0 Å². The molecule has 0 radical (unpaired) electrons. The van der Waals surface area contributed by atoms with E-state index in [0.29, 0.717) is 12.1 Å². The van der Waals surface area contributed by atoms with E-state index >= 15 is 0 Å². The highest BCUT2D eigenvalue weighted by molar-refractivity contribution is 5.42. The Labute approximate surface area is 124 Å². The topological polar surface area (TPSA) is 61.9 Å². The van der Waals surface area contributed by atoms with Gasteiger partial charge in [0, 0.05) is 19.2 Å². The highest BCUT2D eigenvalue weighted by atomic mass is 16.1. The van der Waals surface area contributed by atoms with Crippen molar-refractivity contribution < 1.29 is 0 Å². The molecule has 2 rings (SSSR count). The van der Waals surface area contributed by atoms with Gasteiger partial charge in [0.2, 0.25) is 0 Å². The van der Waals surface area contributed by atoms with Crippen LogP contribution in [0.4, 0.5) is 5.69 Å². The first-order valence-electron chi connectivity index (χ1n) is 6.99. The lowest BCUT2D eigenvalue weighted by molar-refractivity contribution is 0.636. The SMILES string of the molecule is CCN(CC)c1cnn(Cc2cccc(C#N)c2)c(=O)c1. The van der Waals surface area contributed by atoms with Crippen LogP contribution in [0.3, 0.4) is 0 Å². The fourth-order valence-corrected chi connectivity index (χ4v) is 2.22. The lowest BCUT2D eigenvalue weighted by atomic mass is 10.1. The van der Waals surface area contributed by atoms with Gasteiger partial charge in [-0.1, -0.05) is 12.1 Å². The minimum absolute atomic E-state index is 0.137. The van der Waals surface area contributed by atoms with E-state index in [4.69, 9.17) is 5.26 Å². The Bertz CT molecular complexity index is 711. The number of nitrogens with zero attached hydrogens (tertiary/aromatic N) is 4. The standard InChI is InChI=1S/C16H18N4O/c1-3-19(4-2)15-9-16(21)20(18-11-15)12-14-7-5-6-13(8-14)10-17/h5-9,11H,3-4,12H2,1-2H3. The second kappa shape index (κ2) is 6.71. The molecular weight excluding hydrogens is 264 g/mol. The normalized spacial score (nSPS) is 10.1. The van der Waals surface area contributed by atoms with E-state index in [1.807, 2.05) is 26.0 Å². The molecule has 0 amide bonds. The summed E-state index contributed by atoms with van der Waals surface area (Å²) in [6.45, 7) is 6.13. The lowest BCUT2D eigenvalue weighted by Crippen LogP contribution is -2.28. The molecule has 0 bridgehead atoms. The maximum Gasteiger partial charge on any atom is 0.269 e. The molecule has 0 saturated heterocycles. The zero-order chi connectivity index (χ0) is 15.2. The molecule has 0 atom stereocenters. The number of nitriles is 1. The summed E-state index contributed by atoms with van der Waals surface area (Å²) in [5.41, 5.74) is 2.17. The van der Waals surface area contributed by atoms with Gasteiger partial charge in [0.15, 0.2) is 0 Å². The van der Waals surface area contributed by atoms with Crippen LogP contribution in [-0.4, -0.2) is 22.9 Å². The van der Waals surface area contributed by atoms with Crippen molar-refractivity contribution in [2.45, 2.75) is 20.4 Å². The van der Waals surface area contributed by atoms with E-state index in [1.165, 1.54) is 4.68 Å². The van der Waals surface area contributed by atoms with Crippen molar-refractivity contribution in [2.75, 3.05) is 18.0 Å². The third-order valence-corrected chi connectivity index (χ3v) is 3.37. The number of rotatable bonds is 5. The Morgan fingerprint density at radius 2 is 2.05 bits per heavy atom. The lowest BCUT2D eigenvalue weighted by Gasteiger charge is -2.20. The van der Waals surface area contributed by atoms with E-state index in [2.05, 4.69) is 16.1 Å². The van der Waals surface area contributed by atoms with Crippen LogP contribution < -0.4 is 10.5 Å². The van der Waals surface area contributed by atoms with E-state index in [9.17, 15) is 4.79 Å². The van der Waals surface area contributed by atoms with Gasteiger partial charge in [-0.3, -0.25) is 4.79 Å². The molecule has 108 valence electrons. The first-order valence-corrected chi connectivity index (χ1v) is 6.99. The molecular formula is C16H18N4O. The molecule has 5 heteroatoms. The predicted molar refractivity (Wildman–Crippen MR) is 82.3 cm³/mol. The summed E-state index contributed by atoms with van der Waals surface area (Å²) < 4.78 is 1.41. The molecule has 0 unspecified atom stereocenters. The van der Waals surface area contributed by atoms with Crippen molar-refractivity contribution in [1.82, 2.24) is 9.78 Å². The highest BCUT2D eigenvalue weighted by Crippen LogP contribution is 2.09. The van der Waals surface area contributed by atoms with Crippen LogP contribution in [0, 0.1) is 11.3 Å². The summed E-state index contributed by atoms with van der Waals surface area (Å²) in [6, 6.07) is 10.9. The molecule has 0 N–H and O–H groups in total. The van der Waals surface area contributed by atoms with Crippen LogP contribution in [0.15, 0.2) is 41.3 Å². The molecule has 0 saturated carbocycles. The molecule has 0 fully saturated rings. The average molecular weight is 282 g/mol. The van der Waals surface area contributed by atoms with Crippen molar-refractivity contribution in [3.63, 3.8) is 0 Å². The molecule has 0 aliphatic carbocycles. The Morgan fingerprint density at radius 1 is 1.29 bits per heavy atom. The third-order valence-electron chi connectivity index (χ3n) is 3.37. The zero-order valence-electron chi connectivity index (χ0n) is 12.3. The van der Waals surface area contributed by atoms with Gasteiger partial charge in [0.1, 0.15) is 0 Å². The molecule has 1 heterocycles.